The molecule has 1 rings (SSSR count). The van der Waals surface area contributed by atoms with Crippen molar-refractivity contribution < 1.29 is 19.8 Å². The Balaban J connectivity index is 2.46. The van der Waals surface area contributed by atoms with Crippen LogP contribution in [0.25, 0.3) is 0 Å². The van der Waals surface area contributed by atoms with Gasteiger partial charge in [-0.2, -0.15) is 0 Å². The topological polar surface area (TPSA) is 74.6 Å². The van der Waals surface area contributed by atoms with Gasteiger partial charge in [0.1, 0.15) is 0 Å². The summed E-state index contributed by atoms with van der Waals surface area (Å²) < 4.78 is 0. The van der Waals surface area contributed by atoms with Gasteiger partial charge >= 0.3 is 11.9 Å². The van der Waals surface area contributed by atoms with Gasteiger partial charge in [-0.25, -0.2) is 0 Å². The fourth-order valence-corrected chi connectivity index (χ4v) is 2.49. The summed E-state index contributed by atoms with van der Waals surface area (Å²) in [4.78, 5) is 21.0. The van der Waals surface area contributed by atoms with Crippen molar-refractivity contribution in [1.29, 1.82) is 0 Å². The van der Waals surface area contributed by atoms with Crippen molar-refractivity contribution in [3.05, 3.63) is 0 Å². The summed E-state index contributed by atoms with van der Waals surface area (Å²) in [7, 11) is 0. The smallest absolute Gasteiger partial charge is 0.303 e. The minimum atomic E-state index is -0.781. The second-order valence-electron chi connectivity index (χ2n) is 4.49. The van der Waals surface area contributed by atoms with Crippen LogP contribution in [0.15, 0.2) is 0 Å². The van der Waals surface area contributed by atoms with Crippen molar-refractivity contribution in [2.24, 2.45) is 5.41 Å². The van der Waals surface area contributed by atoms with E-state index in [1.54, 1.807) is 0 Å². The van der Waals surface area contributed by atoms with Gasteiger partial charge in [-0.05, 0) is 31.1 Å². The zero-order valence-electron chi connectivity index (χ0n) is 8.87. The summed E-state index contributed by atoms with van der Waals surface area (Å²) in [6.07, 6.45) is 5.81. The Kier molecular flexibility index (Phi) is 4.12. The van der Waals surface area contributed by atoms with Gasteiger partial charge in [0.25, 0.3) is 0 Å². The van der Waals surface area contributed by atoms with E-state index in [1.165, 1.54) is 0 Å². The lowest BCUT2D eigenvalue weighted by Crippen LogP contribution is -2.19. The second kappa shape index (κ2) is 5.14. The Labute approximate surface area is 89.3 Å². The van der Waals surface area contributed by atoms with E-state index in [9.17, 15) is 9.59 Å². The first-order valence-electron chi connectivity index (χ1n) is 5.48. The molecule has 0 bridgehead atoms. The van der Waals surface area contributed by atoms with Crippen LogP contribution in [-0.2, 0) is 9.59 Å². The summed E-state index contributed by atoms with van der Waals surface area (Å²) in [6.45, 7) is 0. The first-order valence-corrected chi connectivity index (χ1v) is 5.48. The largest absolute Gasteiger partial charge is 0.481 e. The monoisotopic (exact) mass is 214 g/mol. The third-order valence-corrected chi connectivity index (χ3v) is 3.40. The van der Waals surface area contributed by atoms with Gasteiger partial charge in [0, 0.05) is 12.8 Å². The van der Waals surface area contributed by atoms with E-state index in [4.69, 9.17) is 10.2 Å². The Morgan fingerprint density at radius 3 is 1.67 bits per heavy atom. The van der Waals surface area contributed by atoms with E-state index in [1.807, 2.05) is 0 Å². The summed E-state index contributed by atoms with van der Waals surface area (Å²) >= 11 is 0. The lowest BCUT2D eigenvalue weighted by molar-refractivity contribution is -0.137. The molecule has 86 valence electrons. The van der Waals surface area contributed by atoms with Crippen LogP contribution in [0, 0.1) is 5.41 Å². The minimum absolute atomic E-state index is 0.00319. The van der Waals surface area contributed by atoms with Crippen LogP contribution in [0.5, 0.6) is 0 Å². The van der Waals surface area contributed by atoms with Crippen LogP contribution in [0.2, 0.25) is 0 Å². The number of aliphatic carboxylic acids is 2. The van der Waals surface area contributed by atoms with E-state index in [-0.39, 0.29) is 18.3 Å². The number of hydrogen-bond donors (Lipinski definition) is 2. The quantitative estimate of drug-likeness (QED) is 0.711. The Morgan fingerprint density at radius 2 is 1.33 bits per heavy atom. The lowest BCUT2D eigenvalue weighted by atomic mass is 9.77. The molecule has 1 fully saturated rings. The van der Waals surface area contributed by atoms with Crippen molar-refractivity contribution in [2.45, 2.75) is 51.4 Å². The van der Waals surface area contributed by atoms with Gasteiger partial charge in [-0.1, -0.05) is 12.8 Å². The average molecular weight is 214 g/mol. The number of carboxylic acid groups (broad SMARTS) is 2. The number of carboxylic acids is 2. The maximum absolute atomic E-state index is 10.5. The molecule has 15 heavy (non-hydrogen) atoms. The predicted octanol–water partition coefficient (Wildman–Crippen LogP) is 2.28. The molecular formula is C11H18O4. The van der Waals surface area contributed by atoms with Crippen molar-refractivity contribution in [3.63, 3.8) is 0 Å². The number of hydrogen-bond acceptors (Lipinski definition) is 2. The van der Waals surface area contributed by atoms with Crippen LogP contribution in [0.3, 0.4) is 0 Å². The van der Waals surface area contributed by atoms with Crippen LogP contribution in [0.1, 0.15) is 51.4 Å². The highest BCUT2D eigenvalue weighted by atomic mass is 16.4. The first-order chi connectivity index (χ1) is 7.04. The predicted molar refractivity (Wildman–Crippen MR) is 54.6 cm³/mol. The molecule has 1 aliphatic rings. The molecule has 0 radical (unpaired) electrons. The Bertz CT molecular complexity index is 221. The van der Waals surface area contributed by atoms with Crippen LogP contribution >= 0.6 is 0 Å². The zero-order chi connectivity index (χ0) is 11.3. The van der Waals surface area contributed by atoms with E-state index in [0.717, 1.165) is 25.7 Å². The highest BCUT2D eigenvalue weighted by molar-refractivity contribution is 5.67. The molecule has 2 N–H and O–H groups in total. The molecule has 0 aromatic rings. The molecular weight excluding hydrogens is 196 g/mol. The number of rotatable bonds is 6. The summed E-state index contributed by atoms with van der Waals surface area (Å²) in [5.41, 5.74) is -0.00319. The van der Waals surface area contributed by atoms with Crippen LogP contribution in [-0.4, -0.2) is 22.2 Å². The van der Waals surface area contributed by atoms with Crippen molar-refractivity contribution >= 4 is 11.9 Å². The molecule has 1 saturated carbocycles. The van der Waals surface area contributed by atoms with Crippen LogP contribution in [0.4, 0.5) is 0 Å². The van der Waals surface area contributed by atoms with Crippen molar-refractivity contribution in [1.82, 2.24) is 0 Å². The summed E-state index contributed by atoms with van der Waals surface area (Å²) in [5, 5.41) is 17.3. The van der Waals surface area contributed by atoms with Crippen LogP contribution < -0.4 is 0 Å². The number of carbonyl (C=O) groups is 2. The second-order valence-corrected chi connectivity index (χ2v) is 4.49. The van der Waals surface area contributed by atoms with E-state index in [0.29, 0.717) is 12.8 Å². The molecule has 0 amide bonds. The van der Waals surface area contributed by atoms with E-state index < -0.39 is 11.9 Å². The van der Waals surface area contributed by atoms with Crippen molar-refractivity contribution in [2.75, 3.05) is 0 Å². The van der Waals surface area contributed by atoms with Gasteiger partial charge in [0.15, 0.2) is 0 Å². The molecule has 0 aromatic carbocycles. The Hall–Kier alpha value is -1.06. The maximum atomic E-state index is 10.5. The van der Waals surface area contributed by atoms with Gasteiger partial charge in [-0.3, -0.25) is 9.59 Å². The van der Waals surface area contributed by atoms with Crippen molar-refractivity contribution in [3.8, 4) is 0 Å². The van der Waals surface area contributed by atoms with Gasteiger partial charge in [0.2, 0.25) is 0 Å². The highest BCUT2D eigenvalue weighted by Crippen LogP contribution is 2.45. The van der Waals surface area contributed by atoms with Gasteiger partial charge in [-0.15, -0.1) is 0 Å². The fraction of sp³-hybridized carbons (Fsp3) is 0.818. The van der Waals surface area contributed by atoms with Gasteiger partial charge in [0.05, 0.1) is 0 Å². The molecule has 0 atom stereocenters. The maximum Gasteiger partial charge on any atom is 0.303 e. The molecule has 0 heterocycles. The Morgan fingerprint density at radius 1 is 0.933 bits per heavy atom. The summed E-state index contributed by atoms with van der Waals surface area (Å²) in [5.74, 6) is -1.56. The normalized spacial score (nSPS) is 18.9. The summed E-state index contributed by atoms with van der Waals surface area (Å²) in [6, 6.07) is 0. The molecule has 4 nitrogen and oxygen atoms in total. The third kappa shape index (κ3) is 3.90. The molecule has 0 aromatic heterocycles. The molecule has 0 spiro atoms. The molecule has 1 aliphatic carbocycles. The molecule has 4 heteroatoms. The van der Waals surface area contributed by atoms with Gasteiger partial charge < -0.3 is 10.2 Å². The highest BCUT2D eigenvalue weighted by Gasteiger charge is 2.34. The average Bonchev–Trinajstić information content (AvgIpc) is 2.61. The third-order valence-electron chi connectivity index (χ3n) is 3.40. The molecule has 0 aliphatic heterocycles. The first kappa shape index (κ1) is 12.0. The lowest BCUT2D eigenvalue weighted by Gasteiger charge is -2.27. The zero-order valence-corrected chi connectivity index (χ0v) is 8.87. The molecule has 0 saturated heterocycles. The standard InChI is InChI=1S/C11H18O4/c12-9(13)3-7-11(5-1-2-6-11)8-4-10(14)15/h1-8H2,(H,12,13)(H,14,15). The fourth-order valence-electron chi connectivity index (χ4n) is 2.49. The SMILES string of the molecule is O=C(O)CCC1(CCC(=O)O)CCCC1. The van der Waals surface area contributed by atoms with E-state index >= 15 is 0 Å². The molecule has 0 unspecified atom stereocenters. The van der Waals surface area contributed by atoms with E-state index in [2.05, 4.69) is 0 Å². The minimum Gasteiger partial charge on any atom is -0.481 e.